The van der Waals surface area contributed by atoms with Crippen LogP contribution in [0.4, 0.5) is 5.69 Å². The van der Waals surface area contributed by atoms with Crippen molar-refractivity contribution in [3.05, 3.63) is 40.9 Å². The summed E-state index contributed by atoms with van der Waals surface area (Å²) in [6, 6.07) is 5.91. The van der Waals surface area contributed by atoms with Gasteiger partial charge < -0.3 is 21.1 Å². The number of hydrogen-bond acceptors (Lipinski definition) is 4. The maximum absolute atomic E-state index is 12.1. The lowest BCUT2D eigenvalue weighted by Gasteiger charge is -2.23. The molecule has 0 spiro atoms. The van der Waals surface area contributed by atoms with Crippen LogP contribution in [-0.2, 0) is 11.2 Å². The van der Waals surface area contributed by atoms with Gasteiger partial charge >= 0.3 is 0 Å². The van der Waals surface area contributed by atoms with E-state index in [9.17, 15) is 9.90 Å². The molecule has 5 nitrogen and oxygen atoms in total. The Balaban J connectivity index is 3.19. The molecule has 0 fully saturated rings. The highest BCUT2D eigenvalue weighted by atomic mass is 16.3. The van der Waals surface area contributed by atoms with Gasteiger partial charge in [-0.3, -0.25) is 4.79 Å². The minimum absolute atomic E-state index is 0.0303. The SMILES string of the molecule is CCNC(=O)/C(Nc1c(C)cccc1CC)=C(/[O-])NCC. The summed E-state index contributed by atoms with van der Waals surface area (Å²) in [7, 11) is 0. The van der Waals surface area contributed by atoms with Crippen LogP contribution < -0.4 is 21.1 Å². The third-order valence-electron chi connectivity index (χ3n) is 3.12. The predicted molar refractivity (Wildman–Crippen MR) is 83.6 cm³/mol. The molecule has 116 valence electrons. The minimum atomic E-state index is -0.395. The van der Waals surface area contributed by atoms with Gasteiger partial charge in [0.15, 0.2) is 0 Å². The smallest absolute Gasteiger partial charge is 0.268 e. The first kappa shape index (κ1) is 16.9. The van der Waals surface area contributed by atoms with Gasteiger partial charge in [-0.05, 0) is 44.2 Å². The fourth-order valence-corrected chi connectivity index (χ4v) is 2.04. The lowest BCUT2D eigenvalue weighted by Crippen LogP contribution is -2.36. The Bertz CT molecular complexity index is 524. The van der Waals surface area contributed by atoms with Crippen LogP contribution in [0.2, 0.25) is 0 Å². The van der Waals surface area contributed by atoms with E-state index in [1.165, 1.54) is 0 Å². The van der Waals surface area contributed by atoms with Crippen molar-refractivity contribution in [1.29, 1.82) is 0 Å². The Morgan fingerprint density at radius 2 is 1.81 bits per heavy atom. The van der Waals surface area contributed by atoms with E-state index in [1.807, 2.05) is 45.9 Å². The van der Waals surface area contributed by atoms with Gasteiger partial charge in [0.2, 0.25) is 0 Å². The predicted octanol–water partition coefficient (Wildman–Crippen LogP) is 1.24. The third-order valence-corrected chi connectivity index (χ3v) is 3.12. The Labute approximate surface area is 126 Å². The lowest BCUT2D eigenvalue weighted by molar-refractivity contribution is -0.312. The van der Waals surface area contributed by atoms with Crippen molar-refractivity contribution in [2.24, 2.45) is 0 Å². The largest absolute Gasteiger partial charge is 0.859 e. The van der Waals surface area contributed by atoms with E-state index in [0.29, 0.717) is 13.1 Å². The summed E-state index contributed by atoms with van der Waals surface area (Å²) in [5, 5.41) is 20.5. The van der Waals surface area contributed by atoms with Crippen LogP contribution in [0.25, 0.3) is 0 Å². The van der Waals surface area contributed by atoms with Crippen LogP contribution in [0.15, 0.2) is 29.8 Å². The molecule has 0 bridgehead atoms. The van der Waals surface area contributed by atoms with Gasteiger partial charge in [-0.15, -0.1) is 0 Å². The van der Waals surface area contributed by atoms with E-state index in [1.54, 1.807) is 0 Å². The fourth-order valence-electron chi connectivity index (χ4n) is 2.04. The number of aryl methyl sites for hydroxylation is 2. The zero-order valence-corrected chi connectivity index (χ0v) is 13.2. The first-order valence-electron chi connectivity index (χ1n) is 7.33. The fraction of sp³-hybridized carbons (Fsp3) is 0.438. The van der Waals surface area contributed by atoms with Crippen LogP contribution in [0.5, 0.6) is 0 Å². The van der Waals surface area contributed by atoms with Gasteiger partial charge in [0.25, 0.3) is 5.91 Å². The zero-order chi connectivity index (χ0) is 15.8. The number of amides is 1. The summed E-state index contributed by atoms with van der Waals surface area (Å²) in [5.74, 6) is -0.789. The van der Waals surface area contributed by atoms with Crippen molar-refractivity contribution in [3.8, 4) is 0 Å². The summed E-state index contributed by atoms with van der Waals surface area (Å²) >= 11 is 0. The summed E-state index contributed by atoms with van der Waals surface area (Å²) in [6.45, 7) is 8.57. The number of benzene rings is 1. The second-order valence-electron chi connectivity index (χ2n) is 4.68. The number of carbonyl (C=O) groups excluding carboxylic acids is 1. The summed E-state index contributed by atoms with van der Waals surface area (Å²) in [4.78, 5) is 12.1. The van der Waals surface area contributed by atoms with Crippen molar-refractivity contribution in [3.63, 3.8) is 0 Å². The molecule has 1 aromatic carbocycles. The van der Waals surface area contributed by atoms with Gasteiger partial charge in [-0.2, -0.15) is 0 Å². The second kappa shape index (κ2) is 8.19. The van der Waals surface area contributed by atoms with Crippen LogP contribution in [0, 0.1) is 6.92 Å². The highest BCUT2D eigenvalue weighted by Gasteiger charge is 2.13. The van der Waals surface area contributed by atoms with Crippen LogP contribution in [-0.4, -0.2) is 19.0 Å². The molecule has 0 saturated heterocycles. The molecule has 21 heavy (non-hydrogen) atoms. The molecule has 0 aromatic heterocycles. The number of nitrogens with one attached hydrogen (secondary N) is 3. The maximum atomic E-state index is 12.1. The number of para-hydroxylation sites is 1. The molecule has 0 atom stereocenters. The highest BCUT2D eigenvalue weighted by Crippen LogP contribution is 2.23. The van der Waals surface area contributed by atoms with Gasteiger partial charge in [0.1, 0.15) is 5.70 Å². The molecule has 0 radical (unpaired) electrons. The molecule has 1 amide bonds. The van der Waals surface area contributed by atoms with E-state index in [-0.39, 0.29) is 5.70 Å². The molecule has 1 aromatic rings. The molecule has 5 heteroatoms. The third kappa shape index (κ3) is 4.41. The molecule has 0 saturated carbocycles. The van der Waals surface area contributed by atoms with Gasteiger partial charge in [-0.1, -0.05) is 25.1 Å². The van der Waals surface area contributed by atoms with E-state index in [2.05, 4.69) is 16.0 Å². The quantitative estimate of drug-likeness (QED) is 0.522. The molecular weight excluding hydrogens is 266 g/mol. The molecule has 1 rings (SSSR count). The van der Waals surface area contributed by atoms with Crippen molar-refractivity contribution in [2.75, 3.05) is 18.4 Å². The summed E-state index contributed by atoms with van der Waals surface area (Å²) in [6.07, 6.45) is 0.822. The average Bonchev–Trinajstić information content (AvgIpc) is 2.46. The van der Waals surface area contributed by atoms with Gasteiger partial charge in [-0.25, -0.2) is 0 Å². The topological polar surface area (TPSA) is 76.2 Å². The van der Waals surface area contributed by atoms with Crippen molar-refractivity contribution < 1.29 is 9.90 Å². The molecule has 0 unspecified atom stereocenters. The first-order valence-corrected chi connectivity index (χ1v) is 7.33. The number of anilines is 1. The standard InChI is InChI=1S/C16H25N3O2/c1-5-12-10-8-9-11(4)13(12)19-14(15(20)17-6-2)16(21)18-7-3/h8-10,17,19-20H,5-7H2,1-4H3,(H,18,21)/p-1/b15-14-. The molecule has 0 aliphatic heterocycles. The molecule has 0 aliphatic rings. The molecule has 0 aliphatic carbocycles. The summed E-state index contributed by atoms with van der Waals surface area (Å²) < 4.78 is 0. The Hall–Kier alpha value is -2.17. The zero-order valence-electron chi connectivity index (χ0n) is 13.2. The normalized spacial score (nSPS) is 11.6. The Kier molecular flexibility index (Phi) is 6.59. The van der Waals surface area contributed by atoms with Gasteiger partial charge in [0.05, 0.1) is 0 Å². The van der Waals surface area contributed by atoms with Crippen LogP contribution in [0.3, 0.4) is 0 Å². The Morgan fingerprint density at radius 3 is 2.38 bits per heavy atom. The lowest BCUT2D eigenvalue weighted by atomic mass is 10.1. The first-order chi connectivity index (χ1) is 10.0. The second-order valence-corrected chi connectivity index (χ2v) is 4.68. The number of carbonyl (C=O) groups is 1. The number of rotatable bonds is 7. The van der Waals surface area contributed by atoms with Crippen LogP contribution in [0.1, 0.15) is 31.9 Å². The summed E-state index contributed by atoms with van der Waals surface area (Å²) in [5.41, 5.74) is 2.93. The van der Waals surface area contributed by atoms with Crippen molar-refractivity contribution >= 4 is 11.6 Å². The molecule has 3 N–H and O–H groups in total. The number of hydrogen-bond donors (Lipinski definition) is 3. The molecule has 0 heterocycles. The minimum Gasteiger partial charge on any atom is -0.859 e. The van der Waals surface area contributed by atoms with E-state index in [4.69, 9.17) is 0 Å². The van der Waals surface area contributed by atoms with E-state index < -0.39 is 11.8 Å². The van der Waals surface area contributed by atoms with E-state index >= 15 is 0 Å². The van der Waals surface area contributed by atoms with E-state index in [0.717, 1.165) is 23.2 Å². The van der Waals surface area contributed by atoms with Crippen molar-refractivity contribution in [1.82, 2.24) is 10.6 Å². The highest BCUT2D eigenvalue weighted by molar-refractivity contribution is 5.97. The monoisotopic (exact) mass is 290 g/mol. The molecular formula is C16H24N3O2-. The Morgan fingerprint density at radius 1 is 1.14 bits per heavy atom. The van der Waals surface area contributed by atoms with Crippen LogP contribution >= 0.6 is 0 Å². The maximum Gasteiger partial charge on any atom is 0.268 e. The van der Waals surface area contributed by atoms with Gasteiger partial charge in [0, 0.05) is 18.8 Å². The number of likely N-dealkylation sites (N-methyl/N-ethyl adjacent to an activating group) is 1. The average molecular weight is 290 g/mol. The van der Waals surface area contributed by atoms with Crippen molar-refractivity contribution in [2.45, 2.75) is 34.1 Å².